The summed E-state index contributed by atoms with van der Waals surface area (Å²) in [6.07, 6.45) is -4.76. The fourth-order valence-electron chi connectivity index (χ4n) is 1.38. The van der Waals surface area contributed by atoms with Gasteiger partial charge in [0.2, 0.25) is 16.0 Å². The zero-order valence-electron chi connectivity index (χ0n) is 9.74. The molecular weight excluding hydrogens is 298 g/mol. The lowest BCUT2D eigenvalue weighted by atomic mass is 10.1. The maximum atomic E-state index is 12.9. The van der Waals surface area contributed by atoms with Crippen molar-refractivity contribution in [2.75, 3.05) is 5.32 Å². The van der Waals surface area contributed by atoms with Gasteiger partial charge in [-0.3, -0.25) is 4.79 Å². The molecule has 106 valence electrons. The minimum absolute atomic E-state index is 0.168. The Balaban J connectivity index is 2.00. The highest BCUT2D eigenvalue weighted by molar-refractivity contribution is 7.15. The van der Waals surface area contributed by atoms with E-state index in [1.807, 2.05) is 0 Å². The third-order valence-electron chi connectivity index (χ3n) is 2.17. The summed E-state index contributed by atoms with van der Waals surface area (Å²) in [6, 6.07) is 5.36. The van der Waals surface area contributed by atoms with Gasteiger partial charge >= 0.3 is 6.18 Å². The summed E-state index contributed by atoms with van der Waals surface area (Å²) in [6.45, 7) is 0. The van der Waals surface area contributed by atoms with Gasteiger partial charge in [-0.1, -0.05) is 23.5 Å². The number of alkyl halides is 3. The number of amides is 1. The van der Waals surface area contributed by atoms with E-state index in [1.54, 1.807) is 0 Å². The molecule has 0 bridgehead atoms. The Morgan fingerprint density at radius 2 is 2.05 bits per heavy atom. The lowest BCUT2D eigenvalue weighted by Gasteiger charge is -2.01. The number of hydrogen-bond donors (Lipinski definition) is 1. The molecule has 2 aromatic rings. The van der Waals surface area contributed by atoms with Crippen LogP contribution in [0.4, 0.5) is 22.7 Å². The second-order valence-corrected chi connectivity index (χ2v) is 4.74. The Kier molecular flexibility index (Phi) is 3.98. The number of halogens is 4. The second kappa shape index (κ2) is 5.53. The van der Waals surface area contributed by atoms with Gasteiger partial charge in [-0.15, -0.1) is 10.2 Å². The molecule has 9 heteroatoms. The quantitative estimate of drug-likeness (QED) is 0.887. The van der Waals surface area contributed by atoms with E-state index in [1.165, 1.54) is 24.3 Å². The third kappa shape index (κ3) is 3.73. The minimum atomic E-state index is -4.59. The first-order valence-electron chi connectivity index (χ1n) is 5.29. The Labute approximate surface area is 114 Å². The van der Waals surface area contributed by atoms with Crippen LogP contribution in [0.5, 0.6) is 0 Å². The van der Waals surface area contributed by atoms with Crippen LogP contribution in [0.25, 0.3) is 0 Å². The molecule has 0 radical (unpaired) electrons. The number of carbonyl (C=O) groups is 1. The van der Waals surface area contributed by atoms with Gasteiger partial charge in [0.25, 0.3) is 0 Å². The molecule has 0 aliphatic rings. The Bertz CT molecular complexity index is 626. The lowest BCUT2D eigenvalue weighted by molar-refractivity contribution is -0.138. The van der Waals surface area contributed by atoms with Crippen molar-refractivity contribution >= 4 is 22.4 Å². The number of carbonyl (C=O) groups excluding carboxylic acids is 1. The van der Waals surface area contributed by atoms with E-state index in [-0.39, 0.29) is 22.9 Å². The number of rotatable bonds is 3. The Morgan fingerprint density at radius 1 is 1.30 bits per heavy atom. The molecule has 0 atom stereocenters. The second-order valence-electron chi connectivity index (χ2n) is 3.76. The molecule has 0 aliphatic carbocycles. The molecule has 2 rings (SSSR count). The van der Waals surface area contributed by atoms with Gasteiger partial charge in [0, 0.05) is 0 Å². The molecule has 0 saturated carbocycles. The highest BCUT2D eigenvalue weighted by atomic mass is 32.1. The molecule has 1 N–H and O–H groups in total. The smallest absolute Gasteiger partial charge is 0.300 e. The van der Waals surface area contributed by atoms with E-state index < -0.39 is 22.9 Å². The fourth-order valence-corrected chi connectivity index (χ4v) is 2.01. The van der Waals surface area contributed by atoms with Gasteiger partial charge in [-0.05, 0) is 17.7 Å². The van der Waals surface area contributed by atoms with E-state index in [9.17, 15) is 22.4 Å². The van der Waals surface area contributed by atoms with Crippen LogP contribution in [-0.2, 0) is 17.4 Å². The topological polar surface area (TPSA) is 54.9 Å². The number of hydrogen-bond acceptors (Lipinski definition) is 4. The molecule has 1 amide bonds. The first kappa shape index (κ1) is 14.4. The standard InChI is InChI=1S/C11H7F4N3OS/c12-7-3-1-2-6(4-7)5-8(19)16-10-18-17-9(20-10)11(13,14)15/h1-4H,5H2,(H,16,18,19). The van der Waals surface area contributed by atoms with E-state index in [0.717, 1.165) is 0 Å². The third-order valence-corrected chi connectivity index (χ3v) is 3.05. The number of aromatic nitrogens is 2. The van der Waals surface area contributed by atoms with E-state index in [4.69, 9.17) is 0 Å². The SMILES string of the molecule is O=C(Cc1cccc(F)c1)Nc1nnc(C(F)(F)F)s1. The minimum Gasteiger partial charge on any atom is -0.300 e. The predicted molar refractivity (Wildman–Crippen MR) is 63.6 cm³/mol. The van der Waals surface area contributed by atoms with E-state index >= 15 is 0 Å². The summed E-state index contributed by atoms with van der Waals surface area (Å²) in [4.78, 5) is 11.6. The fraction of sp³-hybridized carbons (Fsp3) is 0.182. The van der Waals surface area contributed by atoms with Crippen LogP contribution in [0, 0.1) is 5.82 Å². The summed E-state index contributed by atoms with van der Waals surface area (Å²) < 4.78 is 49.8. The monoisotopic (exact) mass is 305 g/mol. The Morgan fingerprint density at radius 3 is 2.65 bits per heavy atom. The average molecular weight is 305 g/mol. The molecule has 1 aromatic heterocycles. The van der Waals surface area contributed by atoms with Gasteiger partial charge in [0.05, 0.1) is 6.42 Å². The first-order valence-corrected chi connectivity index (χ1v) is 6.11. The summed E-state index contributed by atoms with van der Waals surface area (Å²) in [5.74, 6) is -1.09. The van der Waals surface area contributed by atoms with Crippen molar-refractivity contribution < 1.29 is 22.4 Å². The van der Waals surface area contributed by atoms with Crippen LogP contribution in [0.3, 0.4) is 0 Å². The number of anilines is 1. The maximum absolute atomic E-state index is 12.9. The summed E-state index contributed by atoms with van der Waals surface area (Å²) >= 11 is 0.229. The molecule has 0 fully saturated rings. The average Bonchev–Trinajstić information content (AvgIpc) is 2.76. The van der Waals surface area contributed by atoms with Gasteiger partial charge in [0.1, 0.15) is 5.82 Å². The van der Waals surface area contributed by atoms with E-state index in [2.05, 4.69) is 15.5 Å². The van der Waals surface area contributed by atoms with Crippen molar-refractivity contribution in [3.63, 3.8) is 0 Å². The zero-order valence-corrected chi connectivity index (χ0v) is 10.6. The van der Waals surface area contributed by atoms with Gasteiger partial charge in [-0.2, -0.15) is 13.2 Å². The number of nitrogens with one attached hydrogen (secondary N) is 1. The van der Waals surface area contributed by atoms with Crippen LogP contribution >= 0.6 is 11.3 Å². The van der Waals surface area contributed by atoms with Crippen molar-refractivity contribution in [3.8, 4) is 0 Å². The van der Waals surface area contributed by atoms with Crippen LogP contribution in [-0.4, -0.2) is 16.1 Å². The zero-order chi connectivity index (χ0) is 14.8. The molecule has 1 heterocycles. The molecule has 20 heavy (non-hydrogen) atoms. The molecule has 1 aromatic carbocycles. The van der Waals surface area contributed by atoms with E-state index in [0.29, 0.717) is 5.56 Å². The van der Waals surface area contributed by atoms with Crippen molar-refractivity contribution in [1.82, 2.24) is 10.2 Å². The van der Waals surface area contributed by atoms with Crippen LogP contribution < -0.4 is 5.32 Å². The predicted octanol–water partition coefficient (Wildman–Crippen LogP) is 2.88. The van der Waals surface area contributed by atoms with Crippen molar-refractivity contribution in [1.29, 1.82) is 0 Å². The number of benzene rings is 1. The highest BCUT2D eigenvalue weighted by Gasteiger charge is 2.35. The van der Waals surface area contributed by atoms with Gasteiger partial charge in [0.15, 0.2) is 0 Å². The highest BCUT2D eigenvalue weighted by Crippen LogP contribution is 2.32. The molecule has 0 spiro atoms. The van der Waals surface area contributed by atoms with Crippen LogP contribution in [0.1, 0.15) is 10.6 Å². The van der Waals surface area contributed by atoms with Gasteiger partial charge in [-0.25, -0.2) is 4.39 Å². The Hall–Kier alpha value is -2.03. The molecular formula is C11H7F4N3OS. The number of nitrogens with zero attached hydrogens (tertiary/aromatic N) is 2. The summed E-state index contributed by atoms with van der Waals surface area (Å²) in [5.41, 5.74) is 0.406. The van der Waals surface area contributed by atoms with Crippen LogP contribution in [0.15, 0.2) is 24.3 Å². The maximum Gasteiger partial charge on any atom is 0.445 e. The van der Waals surface area contributed by atoms with Crippen LogP contribution in [0.2, 0.25) is 0 Å². The summed E-state index contributed by atoms with van der Waals surface area (Å²) in [5, 5.41) is 6.95. The normalized spacial score (nSPS) is 11.4. The van der Waals surface area contributed by atoms with Crippen molar-refractivity contribution in [2.24, 2.45) is 0 Å². The van der Waals surface area contributed by atoms with Crippen molar-refractivity contribution in [2.45, 2.75) is 12.6 Å². The lowest BCUT2D eigenvalue weighted by Crippen LogP contribution is -2.14. The molecule has 4 nitrogen and oxygen atoms in total. The molecule has 0 aliphatic heterocycles. The first-order chi connectivity index (χ1) is 9.34. The summed E-state index contributed by atoms with van der Waals surface area (Å²) in [7, 11) is 0. The molecule has 0 unspecified atom stereocenters. The molecule has 0 saturated heterocycles. The van der Waals surface area contributed by atoms with Gasteiger partial charge < -0.3 is 5.32 Å². The van der Waals surface area contributed by atoms with Crippen molar-refractivity contribution in [3.05, 3.63) is 40.7 Å². The largest absolute Gasteiger partial charge is 0.445 e.